The van der Waals surface area contributed by atoms with Crippen molar-refractivity contribution in [2.24, 2.45) is 0 Å². The average molecular weight is 210 g/mol. The molecule has 2 rings (SSSR count). The second-order valence-corrected chi connectivity index (χ2v) is 4.24. The molecule has 0 spiro atoms. The van der Waals surface area contributed by atoms with Crippen LogP contribution in [0, 0.1) is 0 Å². The zero-order valence-corrected chi connectivity index (χ0v) is 9.56. The van der Waals surface area contributed by atoms with Gasteiger partial charge in [0.1, 0.15) is 0 Å². The van der Waals surface area contributed by atoms with Gasteiger partial charge in [-0.15, -0.1) is 0 Å². The summed E-state index contributed by atoms with van der Waals surface area (Å²) in [6.07, 6.45) is 3.04. The molecule has 0 bridgehead atoms. The van der Waals surface area contributed by atoms with Crippen LogP contribution in [0.25, 0.3) is 0 Å². The second kappa shape index (κ2) is 4.23. The van der Waals surface area contributed by atoms with E-state index in [2.05, 4.69) is 18.9 Å². The lowest BCUT2D eigenvalue weighted by Gasteiger charge is -2.10. The van der Waals surface area contributed by atoms with Crippen molar-refractivity contribution < 1.29 is 9.47 Å². The molecule has 1 aromatic heterocycles. The molecule has 0 amide bonds. The molecule has 2 heterocycles. The summed E-state index contributed by atoms with van der Waals surface area (Å²) in [5.41, 5.74) is 1.19. The van der Waals surface area contributed by atoms with Crippen molar-refractivity contribution in [3.05, 3.63) is 11.8 Å². The highest BCUT2D eigenvalue weighted by Gasteiger charge is 2.21. The van der Waals surface area contributed by atoms with Gasteiger partial charge in [-0.25, -0.2) is 4.68 Å². The largest absolute Gasteiger partial charge is 0.478 e. The summed E-state index contributed by atoms with van der Waals surface area (Å²) in [4.78, 5) is 0. The standard InChI is InChI=1S/C11H18N2O2/c1-8(2)10-6-12-13-7-9(14-3)4-5-15-11(10)13/h6,8-9H,4-5,7H2,1-3H3. The molecule has 0 saturated heterocycles. The molecular formula is C11H18N2O2. The van der Waals surface area contributed by atoms with Crippen molar-refractivity contribution in [3.8, 4) is 5.88 Å². The fraction of sp³-hybridized carbons (Fsp3) is 0.727. The van der Waals surface area contributed by atoms with E-state index in [4.69, 9.17) is 9.47 Å². The maximum atomic E-state index is 5.73. The number of methoxy groups -OCH3 is 1. The molecule has 1 atom stereocenters. The Labute approximate surface area is 90.2 Å². The van der Waals surface area contributed by atoms with Gasteiger partial charge in [0, 0.05) is 19.1 Å². The monoisotopic (exact) mass is 210 g/mol. The van der Waals surface area contributed by atoms with E-state index >= 15 is 0 Å². The van der Waals surface area contributed by atoms with Crippen molar-refractivity contribution in [2.75, 3.05) is 13.7 Å². The minimum absolute atomic E-state index is 0.214. The summed E-state index contributed by atoms with van der Waals surface area (Å²) in [6.45, 7) is 5.81. The molecule has 0 aliphatic carbocycles. The maximum absolute atomic E-state index is 5.73. The molecule has 0 fully saturated rings. The number of ether oxygens (including phenoxy) is 2. The van der Waals surface area contributed by atoms with Crippen LogP contribution in [0.1, 0.15) is 31.7 Å². The third-order valence-corrected chi connectivity index (χ3v) is 2.83. The van der Waals surface area contributed by atoms with Crippen molar-refractivity contribution in [2.45, 2.75) is 38.8 Å². The fourth-order valence-corrected chi connectivity index (χ4v) is 1.84. The molecule has 84 valence electrons. The van der Waals surface area contributed by atoms with Crippen LogP contribution >= 0.6 is 0 Å². The topological polar surface area (TPSA) is 36.3 Å². The lowest BCUT2D eigenvalue weighted by molar-refractivity contribution is 0.0775. The van der Waals surface area contributed by atoms with Crippen LogP contribution in [-0.2, 0) is 11.3 Å². The van der Waals surface area contributed by atoms with E-state index in [0.29, 0.717) is 12.5 Å². The zero-order valence-electron chi connectivity index (χ0n) is 9.56. The Morgan fingerprint density at radius 3 is 3.07 bits per heavy atom. The average Bonchev–Trinajstić information content (AvgIpc) is 2.49. The van der Waals surface area contributed by atoms with Gasteiger partial charge in [-0.1, -0.05) is 13.8 Å². The van der Waals surface area contributed by atoms with E-state index in [-0.39, 0.29) is 6.10 Å². The van der Waals surface area contributed by atoms with Crippen LogP contribution in [0.2, 0.25) is 0 Å². The molecular weight excluding hydrogens is 192 g/mol. The lowest BCUT2D eigenvalue weighted by Crippen LogP contribution is -2.17. The molecule has 1 aromatic rings. The quantitative estimate of drug-likeness (QED) is 0.747. The Hall–Kier alpha value is -1.03. The molecule has 4 heteroatoms. The summed E-state index contributed by atoms with van der Waals surface area (Å²) in [5, 5.41) is 4.35. The number of aromatic nitrogens is 2. The number of nitrogens with zero attached hydrogens (tertiary/aromatic N) is 2. The molecule has 1 aliphatic rings. The Bertz CT molecular complexity index is 333. The van der Waals surface area contributed by atoms with E-state index in [0.717, 1.165) is 18.8 Å². The molecule has 0 aromatic carbocycles. The minimum atomic E-state index is 0.214. The molecule has 0 radical (unpaired) electrons. The third kappa shape index (κ3) is 2.00. The summed E-state index contributed by atoms with van der Waals surface area (Å²) in [5.74, 6) is 1.37. The van der Waals surface area contributed by atoms with Gasteiger partial charge in [0.05, 0.1) is 25.5 Å². The van der Waals surface area contributed by atoms with Crippen LogP contribution in [0.5, 0.6) is 5.88 Å². The predicted octanol–water partition coefficient (Wildman–Crippen LogP) is 1.80. The van der Waals surface area contributed by atoms with Gasteiger partial charge < -0.3 is 9.47 Å². The van der Waals surface area contributed by atoms with E-state index in [1.54, 1.807) is 7.11 Å². The molecule has 1 aliphatic heterocycles. The summed E-state index contributed by atoms with van der Waals surface area (Å²) in [7, 11) is 1.74. The van der Waals surface area contributed by atoms with Crippen molar-refractivity contribution >= 4 is 0 Å². The molecule has 15 heavy (non-hydrogen) atoms. The number of rotatable bonds is 2. The second-order valence-electron chi connectivity index (χ2n) is 4.24. The van der Waals surface area contributed by atoms with Gasteiger partial charge in [0.15, 0.2) is 0 Å². The number of hydrogen-bond donors (Lipinski definition) is 0. The molecule has 4 nitrogen and oxygen atoms in total. The number of hydrogen-bond acceptors (Lipinski definition) is 3. The van der Waals surface area contributed by atoms with E-state index in [1.807, 2.05) is 10.9 Å². The third-order valence-electron chi connectivity index (χ3n) is 2.83. The van der Waals surface area contributed by atoms with Gasteiger partial charge in [-0.05, 0) is 5.92 Å². The van der Waals surface area contributed by atoms with Crippen molar-refractivity contribution in [1.82, 2.24) is 9.78 Å². The zero-order chi connectivity index (χ0) is 10.8. The van der Waals surface area contributed by atoms with Crippen LogP contribution in [0.15, 0.2) is 6.20 Å². The summed E-state index contributed by atoms with van der Waals surface area (Å²) >= 11 is 0. The van der Waals surface area contributed by atoms with E-state index < -0.39 is 0 Å². The van der Waals surface area contributed by atoms with Crippen LogP contribution in [0.4, 0.5) is 0 Å². The molecule has 0 N–H and O–H groups in total. The van der Waals surface area contributed by atoms with Crippen LogP contribution < -0.4 is 4.74 Å². The van der Waals surface area contributed by atoms with E-state index in [9.17, 15) is 0 Å². The highest BCUT2D eigenvalue weighted by Crippen LogP contribution is 2.28. The predicted molar refractivity (Wildman–Crippen MR) is 57.2 cm³/mol. The smallest absolute Gasteiger partial charge is 0.215 e. The lowest BCUT2D eigenvalue weighted by atomic mass is 10.1. The highest BCUT2D eigenvalue weighted by atomic mass is 16.5. The van der Waals surface area contributed by atoms with E-state index in [1.165, 1.54) is 5.56 Å². The molecule has 0 saturated carbocycles. The van der Waals surface area contributed by atoms with Crippen LogP contribution in [-0.4, -0.2) is 29.6 Å². The summed E-state index contributed by atoms with van der Waals surface area (Å²) in [6, 6.07) is 0. The van der Waals surface area contributed by atoms with Gasteiger partial charge in [0.2, 0.25) is 5.88 Å². The Morgan fingerprint density at radius 2 is 2.40 bits per heavy atom. The highest BCUT2D eigenvalue weighted by molar-refractivity contribution is 5.27. The van der Waals surface area contributed by atoms with Gasteiger partial charge >= 0.3 is 0 Å². The van der Waals surface area contributed by atoms with Crippen molar-refractivity contribution in [3.63, 3.8) is 0 Å². The van der Waals surface area contributed by atoms with Gasteiger partial charge in [-0.3, -0.25) is 0 Å². The Kier molecular flexibility index (Phi) is 2.95. The first-order valence-electron chi connectivity index (χ1n) is 5.43. The first-order valence-corrected chi connectivity index (χ1v) is 5.43. The summed E-state index contributed by atoms with van der Waals surface area (Å²) < 4.78 is 13.0. The molecule has 1 unspecified atom stereocenters. The maximum Gasteiger partial charge on any atom is 0.215 e. The van der Waals surface area contributed by atoms with Gasteiger partial charge in [-0.2, -0.15) is 5.10 Å². The fourth-order valence-electron chi connectivity index (χ4n) is 1.84. The van der Waals surface area contributed by atoms with Crippen molar-refractivity contribution in [1.29, 1.82) is 0 Å². The first kappa shape index (κ1) is 10.5. The minimum Gasteiger partial charge on any atom is -0.478 e. The Balaban J connectivity index is 2.27. The Morgan fingerprint density at radius 1 is 1.60 bits per heavy atom. The number of fused-ring (bicyclic) bond motifs is 1. The SMILES string of the molecule is COC1CCOc2c(C(C)C)cnn2C1. The normalized spacial score (nSPS) is 20.9. The van der Waals surface area contributed by atoms with Gasteiger partial charge in [0.25, 0.3) is 0 Å². The first-order chi connectivity index (χ1) is 7.22. The van der Waals surface area contributed by atoms with Crippen LogP contribution in [0.3, 0.4) is 0 Å².